The van der Waals surface area contributed by atoms with Crippen molar-refractivity contribution in [1.82, 2.24) is 5.32 Å². The van der Waals surface area contributed by atoms with Gasteiger partial charge in [-0.2, -0.15) is 0 Å². The van der Waals surface area contributed by atoms with Gasteiger partial charge < -0.3 is 5.32 Å². The Bertz CT molecular complexity index is 422. The van der Waals surface area contributed by atoms with E-state index in [1.807, 2.05) is 6.07 Å². The van der Waals surface area contributed by atoms with Crippen LogP contribution in [0.3, 0.4) is 0 Å². The minimum atomic E-state index is 0.527. The van der Waals surface area contributed by atoms with Crippen LogP contribution >= 0.6 is 34.5 Å². The Hall–Kier alpha value is 0.240. The zero-order valence-electron chi connectivity index (χ0n) is 12.5. The van der Waals surface area contributed by atoms with E-state index in [9.17, 15) is 0 Å². The fraction of sp³-hybridized carbons (Fsp3) is 0.750. The van der Waals surface area contributed by atoms with Gasteiger partial charge in [-0.05, 0) is 55.7 Å². The Balaban J connectivity index is 1.90. The van der Waals surface area contributed by atoms with E-state index >= 15 is 0 Å². The van der Waals surface area contributed by atoms with Gasteiger partial charge in [0.05, 0.1) is 8.67 Å². The smallest absolute Gasteiger partial charge is 0.0976 e. The lowest BCUT2D eigenvalue weighted by molar-refractivity contribution is 0.243. The summed E-state index contributed by atoms with van der Waals surface area (Å²) in [7, 11) is 0. The summed E-state index contributed by atoms with van der Waals surface area (Å²) in [5, 5.41) is 3.57. The molecule has 0 unspecified atom stereocenters. The van der Waals surface area contributed by atoms with E-state index < -0.39 is 0 Å². The Labute approximate surface area is 137 Å². The molecule has 0 aliphatic heterocycles. The molecule has 0 atom stereocenters. The molecule has 0 spiro atoms. The van der Waals surface area contributed by atoms with E-state index in [0.29, 0.717) is 11.5 Å². The predicted molar refractivity (Wildman–Crippen MR) is 91.3 cm³/mol. The lowest BCUT2D eigenvalue weighted by Crippen LogP contribution is -2.29. The van der Waals surface area contributed by atoms with Gasteiger partial charge >= 0.3 is 0 Å². The first kappa shape index (κ1) is 16.6. The molecule has 0 amide bonds. The van der Waals surface area contributed by atoms with Gasteiger partial charge in [-0.15, -0.1) is 11.3 Å². The van der Waals surface area contributed by atoms with Gasteiger partial charge in [0.2, 0.25) is 0 Å². The maximum Gasteiger partial charge on any atom is 0.0976 e. The first-order chi connectivity index (χ1) is 9.51. The van der Waals surface area contributed by atoms with Crippen LogP contribution in [0.4, 0.5) is 0 Å². The second kappa shape index (κ2) is 7.49. The Kier molecular flexibility index (Phi) is 6.22. The van der Waals surface area contributed by atoms with Crippen LogP contribution in [-0.4, -0.2) is 12.6 Å². The number of nitrogens with one attached hydrogen (secondary N) is 1. The van der Waals surface area contributed by atoms with Crippen LogP contribution < -0.4 is 5.32 Å². The second-order valence-electron chi connectivity index (χ2n) is 6.42. The van der Waals surface area contributed by atoms with Crippen molar-refractivity contribution < 1.29 is 0 Å². The predicted octanol–water partition coefficient (Wildman–Crippen LogP) is 5.94. The highest BCUT2D eigenvalue weighted by Gasteiger charge is 2.33. The summed E-state index contributed by atoms with van der Waals surface area (Å²) in [6.45, 7) is 5.57. The highest BCUT2D eigenvalue weighted by molar-refractivity contribution is 7.20. The maximum absolute atomic E-state index is 6.24. The van der Waals surface area contributed by atoms with E-state index in [1.165, 1.54) is 55.4 Å². The van der Waals surface area contributed by atoms with Gasteiger partial charge in [-0.3, -0.25) is 0 Å². The minimum Gasteiger partial charge on any atom is -0.315 e. The third-order valence-electron chi connectivity index (χ3n) is 4.52. The SMILES string of the molecule is CC(C)NCCC1(CCc2cc(Cl)sc2Cl)CCCC1. The molecule has 1 N–H and O–H groups in total. The van der Waals surface area contributed by atoms with Crippen molar-refractivity contribution in [3.8, 4) is 0 Å². The second-order valence-corrected chi connectivity index (χ2v) is 8.70. The summed E-state index contributed by atoms with van der Waals surface area (Å²) < 4.78 is 1.69. The number of rotatable bonds is 7. The molecule has 0 radical (unpaired) electrons. The van der Waals surface area contributed by atoms with E-state index in [0.717, 1.165) is 21.6 Å². The quantitative estimate of drug-likeness (QED) is 0.651. The summed E-state index contributed by atoms with van der Waals surface area (Å²) in [6.07, 6.45) is 9.15. The molecular formula is C16H25Cl2NS. The van der Waals surface area contributed by atoms with Crippen LogP contribution in [0.2, 0.25) is 8.67 Å². The van der Waals surface area contributed by atoms with Crippen molar-refractivity contribution in [2.24, 2.45) is 5.41 Å². The van der Waals surface area contributed by atoms with Crippen molar-refractivity contribution in [2.75, 3.05) is 6.54 Å². The molecular weight excluding hydrogens is 309 g/mol. The molecule has 1 aliphatic rings. The lowest BCUT2D eigenvalue weighted by atomic mass is 9.78. The maximum atomic E-state index is 6.24. The molecule has 1 saturated carbocycles. The minimum absolute atomic E-state index is 0.527. The van der Waals surface area contributed by atoms with Crippen molar-refractivity contribution in [3.63, 3.8) is 0 Å². The topological polar surface area (TPSA) is 12.0 Å². The van der Waals surface area contributed by atoms with Gasteiger partial charge in [0.25, 0.3) is 0 Å². The molecule has 1 fully saturated rings. The number of hydrogen-bond donors (Lipinski definition) is 1. The molecule has 1 aromatic rings. The molecule has 1 aromatic heterocycles. The monoisotopic (exact) mass is 333 g/mol. The summed E-state index contributed by atoms with van der Waals surface area (Å²) in [5.41, 5.74) is 1.77. The summed E-state index contributed by atoms with van der Waals surface area (Å²) in [4.78, 5) is 0. The van der Waals surface area contributed by atoms with Crippen molar-refractivity contribution in [3.05, 3.63) is 20.3 Å². The third-order valence-corrected chi connectivity index (χ3v) is 6.09. The summed E-state index contributed by atoms with van der Waals surface area (Å²) in [6, 6.07) is 2.63. The van der Waals surface area contributed by atoms with Crippen molar-refractivity contribution in [1.29, 1.82) is 0 Å². The number of aryl methyl sites for hydroxylation is 1. The van der Waals surface area contributed by atoms with Crippen LogP contribution in [0, 0.1) is 5.41 Å². The van der Waals surface area contributed by atoms with Crippen LogP contribution in [-0.2, 0) is 6.42 Å². The van der Waals surface area contributed by atoms with Gasteiger partial charge in [-0.1, -0.05) is 49.9 Å². The largest absolute Gasteiger partial charge is 0.315 e. The highest BCUT2D eigenvalue weighted by Crippen LogP contribution is 2.45. The summed E-state index contributed by atoms with van der Waals surface area (Å²) >= 11 is 13.8. The molecule has 0 saturated heterocycles. The molecule has 0 aromatic carbocycles. The van der Waals surface area contributed by atoms with Gasteiger partial charge in [0.1, 0.15) is 0 Å². The van der Waals surface area contributed by atoms with E-state index in [1.54, 1.807) is 0 Å². The molecule has 114 valence electrons. The fourth-order valence-electron chi connectivity index (χ4n) is 3.32. The van der Waals surface area contributed by atoms with E-state index in [2.05, 4.69) is 19.2 Å². The van der Waals surface area contributed by atoms with E-state index in [4.69, 9.17) is 23.2 Å². The average Bonchev–Trinajstić information content (AvgIpc) is 2.94. The lowest BCUT2D eigenvalue weighted by Gasteiger charge is -2.29. The Morgan fingerprint density at radius 2 is 1.95 bits per heavy atom. The number of hydrogen-bond acceptors (Lipinski definition) is 2. The van der Waals surface area contributed by atoms with Gasteiger partial charge in [-0.25, -0.2) is 0 Å². The molecule has 20 heavy (non-hydrogen) atoms. The zero-order valence-corrected chi connectivity index (χ0v) is 14.8. The third kappa shape index (κ3) is 4.62. The first-order valence-corrected chi connectivity index (χ1v) is 9.25. The molecule has 1 nitrogen and oxygen atoms in total. The normalized spacial score (nSPS) is 18.1. The number of halogens is 2. The first-order valence-electron chi connectivity index (χ1n) is 7.68. The molecule has 2 rings (SSSR count). The standard InChI is InChI=1S/C16H25Cl2NS/c1-12(2)19-10-9-16(6-3-4-7-16)8-5-13-11-14(17)20-15(13)18/h11-12,19H,3-10H2,1-2H3. The number of thiophene rings is 1. The highest BCUT2D eigenvalue weighted by atomic mass is 35.5. The average molecular weight is 334 g/mol. The Morgan fingerprint density at radius 1 is 1.25 bits per heavy atom. The van der Waals surface area contributed by atoms with E-state index in [-0.39, 0.29) is 0 Å². The van der Waals surface area contributed by atoms with Crippen LogP contribution in [0.1, 0.15) is 57.9 Å². The molecule has 1 heterocycles. The zero-order chi connectivity index (χ0) is 14.6. The van der Waals surface area contributed by atoms with Crippen LogP contribution in [0.25, 0.3) is 0 Å². The Morgan fingerprint density at radius 3 is 2.50 bits per heavy atom. The fourth-order valence-corrected chi connectivity index (χ4v) is 4.87. The van der Waals surface area contributed by atoms with Gasteiger partial charge in [0, 0.05) is 6.04 Å². The van der Waals surface area contributed by atoms with Crippen LogP contribution in [0.5, 0.6) is 0 Å². The van der Waals surface area contributed by atoms with Crippen molar-refractivity contribution in [2.45, 2.75) is 64.8 Å². The summed E-state index contributed by atoms with van der Waals surface area (Å²) in [5.74, 6) is 0. The molecule has 1 aliphatic carbocycles. The van der Waals surface area contributed by atoms with Crippen molar-refractivity contribution >= 4 is 34.5 Å². The van der Waals surface area contributed by atoms with Crippen LogP contribution in [0.15, 0.2) is 6.07 Å². The molecule has 4 heteroatoms. The van der Waals surface area contributed by atoms with Gasteiger partial charge in [0.15, 0.2) is 0 Å². The molecule has 0 bridgehead atoms.